The standard InChI is InChI=1S/C14H19N3O/c1-8-4-13(16-15-8)14(18)17-6-11-9-2-3-10(5-9)12(11)7-17/h4,9-12H,2-3,5-7H2,1H3,(H,15,16). The van der Waals surface area contributed by atoms with Crippen LogP contribution in [-0.4, -0.2) is 34.1 Å². The number of likely N-dealkylation sites (tertiary alicyclic amines) is 1. The van der Waals surface area contributed by atoms with Crippen molar-refractivity contribution in [2.45, 2.75) is 26.2 Å². The van der Waals surface area contributed by atoms with Crippen molar-refractivity contribution in [2.75, 3.05) is 13.1 Å². The van der Waals surface area contributed by atoms with Gasteiger partial charge in [-0.1, -0.05) is 0 Å². The molecule has 18 heavy (non-hydrogen) atoms. The van der Waals surface area contributed by atoms with Crippen molar-refractivity contribution >= 4 is 5.91 Å². The van der Waals surface area contributed by atoms with Gasteiger partial charge in [-0.2, -0.15) is 5.10 Å². The van der Waals surface area contributed by atoms with E-state index in [0.717, 1.165) is 42.5 Å². The Morgan fingerprint density at radius 3 is 2.56 bits per heavy atom. The van der Waals surface area contributed by atoms with E-state index in [1.165, 1.54) is 19.3 Å². The van der Waals surface area contributed by atoms with Crippen LogP contribution in [-0.2, 0) is 0 Å². The Balaban J connectivity index is 1.53. The number of H-pyrrole nitrogens is 1. The predicted octanol–water partition coefficient (Wildman–Crippen LogP) is 1.84. The van der Waals surface area contributed by atoms with Crippen LogP contribution in [0.2, 0.25) is 0 Å². The molecule has 2 heterocycles. The van der Waals surface area contributed by atoms with Gasteiger partial charge in [0.15, 0.2) is 0 Å². The maximum atomic E-state index is 12.4. The number of rotatable bonds is 1. The van der Waals surface area contributed by atoms with Crippen LogP contribution in [0.15, 0.2) is 6.07 Å². The molecule has 1 N–H and O–H groups in total. The van der Waals surface area contributed by atoms with Crippen molar-refractivity contribution in [3.8, 4) is 0 Å². The van der Waals surface area contributed by atoms with Crippen LogP contribution in [0, 0.1) is 30.6 Å². The highest BCUT2D eigenvalue weighted by Crippen LogP contribution is 2.55. The molecule has 2 aliphatic carbocycles. The molecule has 1 amide bonds. The highest BCUT2D eigenvalue weighted by molar-refractivity contribution is 5.92. The molecule has 4 heteroatoms. The first-order valence-electron chi connectivity index (χ1n) is 7.03. The summed E-state index contributed by atoms with van der Waals surface area (Å²) in [4.78, 5) is 14.4. The number of carbonyl (C=O) groups excluding carboxylic acids is 1. The highest BCUT2D eigenvalue weighted by Gasteiger charge is 2.52. The fourth-order valence-electron chi connectivity index (χ4n) is 4.54. The van der Waals surface area contributed by atoms with Gasteiger partial charge in [0.1, 0.15) is 5.69 Å². The average molecular weight is 245 g/mol. The van der Waals surface area contributed by atoms with Crippen molar-refractivity contribution in [1.29, 1.82) is 0 Å². The molecular weight excluding hydrogens is 226 g/mol. The summed E-state index contributed by atoms with van der Waals surface area (Å²) in [5.74, 6) is 3.49. The molecule has 4 nitrogen and oxygen atoms in total. The van der Waals surface area contributed by atoms with E-state index >= 15 is 0 Å². The quantitative estimate of drug-likeness (QED) is 0.820. The summed E-state index contributed by atoms with van der Waals surface area (Å²) >= 11 is 0. The van der Waals surface area contributed by atoms with E-state index in [4.69, 9.17) is 0 Å². The maximum Gasteiger partial charge on any atom is 0.274 e. The van der Waals surface area contributed by atoms with Crippen molar-refractivity contribution in [3.63, 3.8) is 0 Å². The predicted molar refractivity (Wildman–Crippen MR) is 67.0 cm³/mol. The lowest BCUT2D eigenvalue weighted by Gasteiger charge is -2.22. The number of nitrogens with zero attached hydrogens (tertiary/aromatic N) is 2. The van der Waals surface area contributed by atoms with Crippen molar-refractivity contribution in [1.82, 2.24) is 15.1 Å². The second-order valence-corrected chi connectivity index (χ2v) is 6.31. The number of aromatic amines is 1. The van der Waals surface area contributed by atoms with Gasteiger partial charge in [0.05, 0.1) is 0 Å². The van der Waals surface area contributed by atoms with Gasteiger partial charge in [0.2, 0.25) is 0 Å². The van der Waals surface area contributed by atoms with Gasteiger partial charge < -0.3 is 4.90 Å². The molecule has 2 bridgehead atoms. The first kappa shape index (κ1) is 10.6. The minimum atomic E-state index is 0.119. The SMILES string of the molecule is Cc1cc(C(=O)N2CC3C4CCC(C4)C3C2)n[nH]1. The number of aromatic nitrogens is 2. The topological polar surface area (TPSA) is 49.0 Å². The molecule has 1 saturated heterocycles. The molecule has 2 saturated carbocycles. The largest absolute Gasteiger partial charge is 0.337 e. The number of fused-ring (bicyclic) bond motifs is 5. The summed E-state index contributed by atoms with van der Waals surface area (Å²) in [7, 11) is 0. The second kappa shape index (κ2) is 3.59. The summed E-state index contributed by atoms with van der Waals surface area (Å²) in [6.45, 7) is 3.87. The first-order valence-corrected chi connectivity index (χ1v) is 7.03. The Kier molecular flexibility index (Phi) is 2.11. The minimum absolute atomic E-state index is 0.119. The van der Waals surface area contributed by atoms with Gasteiger partial charge >= 0.3 is 0 Å². The van der Waals surface area contributed by atoms with Gasteiger partial charge in [0.25, 0.3) is 5.91 Å². The monoisotopic (exact) mass is 245 g/mol. The first-order chi connectivity index (χ1) is 8.72. The molecule has 4 rings (SSSR count). The third-order valence-electron chi connectivity index (χ3n) is 5.35. The Hall–Kier alpha value is -1.32. The van der Waals surface area contributed by atoms with Crippen LogP contribution in [0.4, 0.5) is 0 Å². The lowest BCUT2D eigenvalue weighted by molar-refractivity contribution is 0.0770. The molecule has 1 aliphatic heterocycles. The fourth-order valence-corrected chi connectivity index (χ4v) is 4.54. The molecule has 4 unspecified atom stereocenters. The molecule has 0 aromatic carbocycles. The molecule has 0 radical (unpaired) electrons. The highest BCUT2D eigenvalue weighted by atomic mass is 16.2. The summed E-state index contributed by atoms with van der Waals surface area (Å²) in [5, 5.41) is 6.95. The van der Waals surface area contributed by atoms with E-state index in [9.17, 15) is 4.79 Å². The molecule has 3 fully saturated rings. The van der Waals surface area contributed by atoms with Gasteiger partial charge in [0, 0.05) is 18.8 Å². The van der Waals surface area contributed by atoms with Gasteiger partial charge in [-0.25, -0.2) is 0 Å². The van der Waals surface area contributed by atoms with E-state index in [0.29, 0.717) is 5.69 Å². The van der Waals surface area contributed by atoms with Gasteiger partial charge in [-0.15, -0.1) is 0 Å². The fraction of sp³-hybridized carbons (Fsp3) is 0.714. The molecule has 1 aromatic heterocycles. The molecule has 3 aliphatic rings. The van der Waals surface area contributed by atoms with Crippen LogP contribution in [0.25, 0.3) is 0 Å². The second-order valence-electron chi connectivity index (χ2n) is 6.31. The third kappa shape index (κ3) is 1.38. The van der Waals surface area contributed by atoms with Crippen LogP contribution in [0.1, 0.15) is 35.4 Å². The van der Waals surface area contributed by atoms with E-state index in [1.807, 2.05) is 17.9 Å². The van der Waals surface area contributed by atoms with E-state index in [2.05, 4.69) is 10.2 Å². The Morgan fingerprint density at radius 2 is 2.00 bits per heavy atom. The summed E-state index contributed by atoms with van der Waals surface area (Å²) in [6, 6.07) is 1.85. The van der Waals surface area contributed by atoms with Crippen LogP contribution < -0.4 is 0 Å². The number of nitrogens with one attached hydrogen (secondary N) is 1. The van der Waals surface area contributed by atoms with E-state index in [1.54, 1.807) is 0 Å². The van der Waals surface area contributed by atoms with Crippen LogP contribution in [0.5, 0.6) is 0 Å². The molecule has 0 spiro atoms. The normalized spacial score (nSPS) is 37.3. The van der Waals surface area contributed by atoms with Crippen LogP contribution in [0.3, 0.4) is 0 Å². The van der Waals surface area contributed by atoms with E-state index < -0.39 is 0 Å². The Morgan fingerprint density at radius 1 is 1.33 bits per heavy atom. The van der Waals surface area contributed by atoms with E-state index in [-0.39, 0.29) is 5.91 Å². The number of amides is 1. The summed E-state index contributed by atoms with van der Waals surface area (Å²) in [5.41, 5.74) is 1.54. The lowest BCUT2D eigenvalue weighted by atomic mass is 9.82. The minimum Gasteiger partial charge on any atom is -0.337 e. The summed E-state index contributed by atoms with van der Waals surface area (Å²) < 4.78 is 0. The van der Waals surface area contributed by atoms with Gasteiger partial charge in [-0.05, 0) is 55.9 Å². The van der Waals surface area contributed by atoms with Crippen molar-refractivity contribution < 1.29 is 4.79 Å². The Labute approximate surface area is 107 Å². The van der Waals surface area contributed by atoms with Crippen molar-refractivity contribution in [2.24, 2.45) is 23.7 Å². The zero-order chi connectivity index (χ0) is 12.3. The maximum absolute atomic E-state index is 12.4. The zero-order valence-electron chi connectivity index (χ0n) is 10.7. The smallest absolute Gasteiger partial charge is 0.274 e. The van der Waals surface area contributed by atoms with Gasteiger partial charge in [-0.3, -0.25) is 9.89 Å². The number of aryl methyl sites for hydroxylation is 1. The number of hydrogen-bond donors (Lipinski definition) is 1. The molecule has 4 atom stereocenters. The van der Waals surface area contributed by atoms with Crippen LogP contribution >= 0.6 is 0 Å². The molecular formula is C14H19N3O. The summed E-state index contributed by atoms with van der Waals surface area (Å²) in [6.07, 6.45) is 4.23. The molecule has 96 valence electrons. The number of hydrogen-bond acceptors (Lipinski definition) is 2. The third-order valence-corrected chi connectivity index (χ3v) is 5.35. The lowest BCUT2D eigenvalue weighted by Crippen LogP contribution is -2.30. The molecule has 1 aromatic rings. The number of carbonyl (C=O) groups is 1. The van der Waals surface area contributed by atoms with Crippen molar-refractivity contribution in [3.05, 3.63) is 17.5 Å². The average Bonchev–Trinajstić information content (AvgIpc) is 3.09. The Bertz CT molecular complexity index is 477. The zero-order valence-corrected chi connectivity index (χ0v) is 10.7.